The van der Waals surface area contributed by atoms with Crippen molar-refractivity contribution in [1.82, 2.24) is 4.98 Å². The van der Waals surface area contributed by atoms with Crippen molar-refractivity contribution in [3.05, 3.63) is 58.4 Å². The highest BCUT2D eigenvalue weighted by molar-refractivity contribution is 7.14. The average molecular weight is 338 g/mol. The lowest BCUT2D eigenvalue weighted by Crippen LogP contribution is -2.11. The second kappa shape index (κ2) is 6.24. The van der Waals surface area contributed by atoms with Crippen LogP contribution in [0.5, 0.6) is 0 Å². The van der Waals surface area contributed by atoms with E-state index < -0.39 is 0 Å². The van der Waals surface area contributed by atoms with E-state index in [-0.39, 0.29) is 5.91 Å². The molecule has 1 amide bonds. The Labute approximate surface area is 144 Å². The summed E-state index contributed by atoms with van der Waals surface area (Å²) in [5.41, 5.74) is 5.47. The van der Waals surface area contributed by atoms with Crippen LogP contribution in [-0.2, 0) is 12.8 Å². The summed E-state index contributed by atoms with van der Waals surface area (Å²) in [7, 11) is 0. The van der Waals surface area contributed by atoms with Crippen molar-refractivity contribution in [2.75, 3.05) is 5.32 Å². The van der Waals surface area contributed by atoms with Crippen LogP contribution in [0.2, 0.25) is 0 Å². The number of carbonyl (C=O) groups is 1. The first-order valence-electron chi connectivity index (χ1n) is 8.14. The number of nitrogens with zero attached hydrogens (tertiary/aromatic N) is 1. The standard InChI is InChI=1S/C19H18N2O2S/c1-12-16(8-9-23-12)18(22)21-19-20-17(11-24-19)15-7-6-13-4-2-3-5-14(13)10-15/h6-11H,2-5H2,1H3,(H,20,21,22). The largest absolute Gasteiger partial charge is 0.469 e. The Morgan fingerprint density at radius 3 is 2.83 bits per heavy atom. The number of anilines is 1. The molecule has 0 saturated carbocycles. The summed E-state index contributed by atoms with van der Waals surface area (Å²) in [6.07, 6.45) is 6.39. The van der Waals surface area contributed by atoms with Gasteiger partial charge in [0, 0.05) is 10.9 Å². The zero-order valence-corrected chi connectivity index (χ0v) is 14.3. The van der Waals surface area contributed by atoms with E-state index in [0.29, 0.717) is 16.5 Å². The number of furan rings is 1. The van der Waals surface area contributed by atoms with Gasteiger partial charge in [-0.3, -0.25) is 10.1 Å². The van der Waals surface area contributed by atoms with Crippen molar-refractivity contribution in [1.29, 1.82) is 0 Å². The molecule has 5 heteroatoms. The molecule has 2 aromatic heterocycles. The van der Waals surface area contributed by atoms with Gasteiger partial charge in [0.25, 0.3) is 5.91 Å². The molecule has 0 radical (unpaired) electrons. The summed E-state index contributed by atoms with van der Waals surface area (Å²) in [4.78, 5) is 16.8. The Bertz CT molecular complexity index is 894. The third-order valence-corrected chi connectivity index (χ3v) is 5.23. The first-order chi connectivity index (χ1) is 11.7. The van der Waals surface area contributed by atoms with Crippen molar-refractivity contribution in [3.8, 4) is 11.3 Å². The molecule has 2 heterocycles. The van der Waals surface area contributed by atoms with E-state index >= 15 is 0 Å². The van der Waals surface area contributed by atoms with Crippen LogP contribution >= 0.6 is 11.3 Å². The molecule has 4 nitrogen and oxygen atoms in total. The maximum atomic E-state index is 12.2. The lowest BCUT2D eigenvalue weighted by molar-refractivity contribution is 0.102. The number of hydrogen-bond donors (Lipinski definition) is 1. The van der Waals surface area contributed by atoms with Crippen molar-refractivity contribution in [3.63, 3.8) is 0 Å². The summed E-state index contributed by atoms with van der Waals surface area (Å²) >= 11 is 1.44. The van der Waals surface area contributed by atoms with Gasteiger partial charge in [0.05, 0.1) is 17.5 Å². The fraction of sp³-hybridized carbons (Fsp3) is 0.263. The maximum absolute atomic E-state index is 12.2. The maximum Gasteiger partial charge on any atom is 0.260 e. The first-order valence-corrected chi connectivity index (χ1v) is 9.02. The van der Waals surface area contributed by atoms with E-state index in [2.05, 4.69) is 28.5 Å². The van der Waals surface area contributed by atoms with Gasteiger partial charge < -0.3 is 4.42 Å². The molecule has 0 saturated heterocycles. The van der Waals surface area contributed by atoms with Gasteiger partial charge in [-0.25, -0.2) is 4.98 Å². The average Bonchev–Trinajstić information content (AvgIpc) is 3.23. The highest BCUT2D eigenvalue weighted by atomic mass is 32.1. The highest BCUT2D eigenvalue weighted by Crippen LogP contribution is 2.29. The number of amides is 1. The van der Waals surface area contributed by atoms with Crippen LogP contribution < -0.4 is 5.32 Å². The Kier molecular flexibility index (Phi) is 3.94. The third kappa shape index (κ3) is 2.87. The minimum absolute atomic E-state index is 0.187. The van der Waals surface area contributed by atoms with Crippen LogP contribution in [0, 0.1) is 6.92 Å². The zero-order valence-electron chi connectivity index (χ0n) is 13.5. The quantitative estimate of drug-likeness (QED) is 0.743. The van der Waals surface area contributed by atoms with Gasteiger partial charge >= 0.3 is 0 Å². The molecular weight excluding hydrogens is 320 g/mol. The van der Waals surface area contributed by atoms with E-state index in [0.717, 1.165) is 17.7 Å². The van der Waals surface area contributed by atoms with Crippen LogP contribution in [0.1, 0.15) is 40.1 Å². The summed E-state index contributed by atoms with van der Waals surface area (Å²) < 4.78 is 5.17. The number of rotatable bonds is 3. The number of aromatic nitrogens is 1. The number of aryl methyl sites for hydroxylation is 3. The molecular formula is C19H18N2O2S. The molecule has 0 spiro atoms. The summed E-state index contributed by atoms with van der Waals surface area (Å²) in [5, 5.41) is 5.44. The van der Waals surface area contributed by atoms with Gasteiger partial charge in [0.2, 0.25) is 0 Å². The number of hydrogen-bond acceptors (Lipinski definition) is 4. The molecule has 1 aliphatic rings. The third-order valence-electron chi connectivity index (χ3n) is 4.47. The minimum Gasteiger partial charge on any atom is -0.469 e. The van der Waals surface area contributed by atoms with E-state index in [1.807, 2.05) is 5.38 Å². The van der Waals surface area contributed by atoms with Crippen molar-refractivity contribution in [2.45, 2.75) is 32.6 Å². The van der Waals surface area contributed by atoms with Crippen molar-refractivity contribution >= 4 is 22.4 Å². The normalized spacial score (nSPS) is 13.5. The monoisotopic (exact) mass is 338 g/mol. The smallest absolute Gasteiger partial charge is 0.260 e. The Balaban J connectivity index is 1.54. The molecule has 1 N–H and O–H groups in total. The van der Waals surface area contributed by atoms with E-state index in [1.165, 1.54) is 48.0 Å². The minimum atomic E-state index is -0.187. The predicted octanol–water partition coefficient (Wildman–Crippen LogP) is 4.84. The molecule has 0 bridgehead atoms. The Morgan fingerprint density at radius 1 is 1.21 bits per heavy atom. The molecule has 0 aliphatic heterocycles. The lowest BCUT2D eigenvalue weighted by Gasteiger charge is -2.16. The molecule has 1 aromatic carbocycles. The summed E-state index contributed by atoms with van der Waals surface area (Å²) in [6, 6.07) is 8.26. The van der Waals surface area contributed by atoms with Gasteiger partial charge in [-0.05, 0) is 55.9 Å². The molecule has 0 unspecified atom stereocenters. The van der Waals surface area contributed by atoms with Crippen LogP contribution in [0.15, 0.2) is 40.3 Å². The lowest BCUT2D eigenvalue weighted by atomic mass is 9.90. The van der Waals surface area contributed by atoms with Crippen LogP contribution in [0.25, 0.3) is 11.3 Å². The summed E-state index contributed by atoms with van der Waals surface area (Å²) in [6.45, 7) is 1.77. The zero-order chi connectivity index (χ0) is 16.5. The number of carbonyl (C=O) groups excluding carboxylic acids is 1. The van der Waals surface area contributed by atoms with Crippen LogP contribution in [0.3, 0.4) is 0 Å². The van der Waals surface area contributed by atoms with Gasteiger partial charge in [-0.1, -0.05) is 12.1 Å². The first kappa shape index (κ1) is 15.1. The van der Waals surface area contributed by atoms with Crippen molar-refractivity contribution < 1.29 is 9.21 Å². The SMILES string of the molecule is Cc1occc1C(=O)Nc1nc(-c2ccc3c(c2)CCCC3)cs1. The van der Waals surface area contributed by atoms with E-state index in [9.17, 15) is 4.79 Å². The molecule has 0 atom stereocenters. The van der Waals surface area contributed by atoms with E-state index in [4.69, 9.17) is 4.42 Å². The van der Waals surface area contributed by atoms with Crippen LogP contribution in [0.4, 0.5) is 5.13 Å². The molecule has 4 rings (SSSR count). The van der Waals surface area contributed by atoms with Gasteiger partial charge in [0.15, 0.2) is 5.13 Å². The van der Waals surface area contributed by atoms with Crippen LogP contribution in [-0.4, -0.2) is 10.9 Å². The van der Waals surface area contributed by atoms with Gasteiger partial charge in [-0.15, -0.1) is 11.3 Å². The van der Waals surface area contributed by atoms with E-state index in [1.54, 1.807) is 13.0 Å². The number of thiazole rings is 1. The molecule has 3 aromatic rings. The fourth-order valence-corrected chi connectivity index (χ4v) is 3.86. The Hall–Kier alpha value is -2.40. The van der Waals surface area contributed by atoms with Gasteiger partial charge in [-0.2, -0.15) is 0 Å². The van der Waals surface area contributed by atoms with Crippen molar-refractivity contribution in [2.24, 2.45) is 0 Å². The summed E-state index contributed by atoms with van der Waals surface area (Å²) in [5.74, 6) is 0.423. The fourth-order valence-electron chi connectivity index (χ4n) is 3.14. The molecule has 24 heavy (non-hydrogen) atoms. The predicted molar refractivity (Wildman–Crippen MR) is 95.6 cm³/mol. The molecule has 0 fully saturated rings. The topological polar surface area (TPSA) is 55.1 Å². The number of benzene rings is 1. The second-order valence-electron chi connectivity index (χ2n) is 6.07. The molecule has 122 valence electrons. The molecule has 1 aliphatic carbocycles. The Morgan fingerprint density at radius 2 is 2.04 bits per heavy atom. The second-order valence-corrected chi connectivity index (χ2v) is 6.93. The van der Waals surface area contributed by atoms with Gasteiger partial charge in [0.1, 0.15) is 5.76 Å². The number of nitrogens with one attached hydrogen (secondary N) is 1. The highest BCUT2D eigenvalue weighted by Gasteiger charge is 2.15. The number of fused-ring (bicyclic) bond motifs is 1.